The third-order valence-electron chi connectivity index (χ3n) is 2.72. The fourth-order valence-electron chi connectivity index (χ4n) is 1.76. The lowest BCUT2D eigenvalue weighted by Crippen LogP contribution is -2.40. The molecule has 1 aliphatic rings. The zero-order chi connectivity index (χ0) is 10.4. The minimum atomic E-state index is 0.347. The molecule has 1 unspecified atom stereocenters. The minimum Gasteiger partial charge on any atom is -0.377 e. The van der Waals surface area contributed by atoms with Crippen molar-refractivity contribution < 1.29 is 4.74 Å². The largest absolute Gasteiger partial charge is 0.377 e. The second-order valence-corrected chi connectivity index (χ2v) is 4.17. The molecule has 0 amide bonds. The molecule has 0 radical (unpaired) electrons. The molecule has 1 saturated heterocycles. The third kappa shape index (κ3) is 3.65. The average molecular weight is 196 g/mol. The van der Waals surface area contributed by atoms with Gasteiger partial charge >= 0.3 is 0 Å². The zero-order valence-electron chi connectivity index (χ0n) is 9.20. The fraction of sp³-hybridized carbons (Fsp3) is 0.909. The first-order valence-electron chi connectivity index (χ1n) is 5.46. The molecular weight excluding hydrogens is 176 g/mol. The molecule has 0 N–H and O–H groups in total. The summed E-state index contributed by atoms with van der Waals surface area (Å²) in [6, 6.07) is 2.64. The van der Waals surface area contributed by atoms with Crippen molar-refractivity contribution in [2.75, 3.05) is 19.7 Å². The highest BCUT2D eigenvalue weighted by Gasteiger charge is 2.18. The fourth-order valence-corrected chi connectivity index (χ4v) is 1.76. The van der Waals surface area contributed by atoms with Gasteiger partial charge in [0.05, 0.1) is 18.7 Å². The lowest BCUT2D eigenvalue weighted by atomic mass is 10.1. The van der Waals surface area contributed by atoms with Crippen molar-refractivity contribution in [2.24, 2.45) is 0 Å². The van der Waals surface area contributed by atoms with Crippen molar-refractivity contribution in [3.63, 3.8) is 0 Å². The summed E-state index contributed by atoms with van der Waals surface area (Å²) in [5, 5.41) is 8.68. The second-order valence-electron chi connectivity index (χ2n) is 4.17. The maximum Gasteiger partial charge on any atom is 0.0869 e. The van der Waals surface area contributed by atoms with Crippen molar-refractivity contribution in [3.8, 4) is 6.07 Å². The van der Waals surface area contributed by atoms with E-state index in [4.69, 9.17) is 10.00 Å². The normalized spacial score (nSPS) is 22.6. The quantitative estimate of drug-likeness (QED) is 0.643. The van der Waals surface area contributed by atoms with Crippen LogP contribution in [-0.2, 0) is 4.74 Å². The molecule has 1 atom stereocenters. The Bertz CT molecular complexity index is 192. The van der Waals surface area contributed by atoms with E-state index in [1.165, 1.54) is 12.8 Å². The van der Waals surface area contributed by atoms with Gasteiger partial charge in [0.25, 0.3) is 0 Å². The van der Waals surface area contributed by atoms with E-state index in [0.29, 0.717) is 18.7 Å². The van der Waals surface area contributed by atoms with Gasteiger partial charge in [-0.05, 0) is 33.1 Å². The molecule has 0 aromatic heterocycles. The van der Waals surface area contributed by atoms with Crippen molar-refractivity contribution in [2.45, 2.75) is 45.3 Å². The van der Waals surface area contributed by atoms with Crippen LogP contribution in [0.15, 0.2) is 0 Å². The average Bonchev–Trinajstić information content (AvgIpc) is 2.18. The zero-order valence-corrected chi connectivity index (χ0v) is 9.20. The predicted octanol–water partition coefficient (Wildman–Crippen LogP) is 1.79. The molecule has 0 spiro atoms. The number of hydrogen-bond acceptors (Lipinski definition) is 3. The van der Waals surface area contributed by atoms with Crippen LogP contribution < -0.4 is 0 Å². The summed E-state index contributed by atoms with van der Waals surface area (Å²) in [5.74, 6) is 0. The molecule has 0 aromatic carbocycles. The van der Waals surface area contributed by atoms with Crippen molar-refractivity contribution >= 4 is 0 Å². The number of ether oxygens (including phenoxy) is 1. The van der Waals surface area contributed by atoms with Crippen LogP contribution in [0.25, 0.3) is 0 Å². The molecule has 0 aromatic rings. The predicted molar refractivity (Wildman–Crippen MR) is 55.9 cm³/mol. The first-order valence-corrected chi connectivity index (χ1v) is 5.46. The van der Waals surface area contributed by atoms with Gasteiger partial charge in [0.2, 0.25) is 0 Å². The summed E-state index contributed by atoms with van der Waals surface area (Å²) in [7, 11) is 0. The smallest absolute Gasteiger partial charge is 0.0869 e. The van der Waals surface area contributed by atoms with E-state index in [0.717, 1.165) is 19.6 Å². The maximum absolute atomic E-state index is 8.68. The summed E-state index contributed by atoms with van der Waals surface area (Å²) in [6.07, 6.45) is 3.95. The van der Waals surface area contributed by atoms with E-state index in [2.05, 4.69) is 24.8 Å². The van der Waals surface area contributed by atoms with Gasteiger partial charge < -0.3 is 4.74 Å². The van der Waals surface area contributed by atoms with Crippen LogP contribution in [-0.4, -0.2) is 36.7 Å². The highest BCUT2D eigenvalue weighted by molar-refractivity contribution is 4.81. The molecule has 80 valence electrons. The van der Waals surface area contributed by atoms with E-state index < -0.39 is 0 Å². The van der Waals surface area contributed by atoms with Gasteiger partial charge in [0, 0.05) is 19.2 Å². The first kappa shape index (κ1) is 11.5. The highest BCUT2D eigenvalue weighted by Crippen LogP contribution is 2.14. The Morgan fingerprint density at radius 2 is 2.29 bits per heavy atom. The van der Waals surface area contributed by atoms with Crippen molar-refractivity contribution in [1.82, 2.24) is 4.90 Å². The van der Waals surface area contributed by atoms with Crippen LogP contribution in [0.5, 0.6) is 0 Å². The molecule has 3 heteroatoms. The van der Waals surface area contributed by atoms with Gasteiger partial charge in [-0.2, -0.15) is 5.26 Å². The summed E-state index contributed by atoms with van der Waals surface area (Å²) >= 11 is 0. The number of rotatable bonds is 4. The Morgan fingerprint density at radius 1 is 1.50 bits per heavy atom. The monoisotopic (exact) mass is 196 g/mol. The third-order valence-corrected chi connectivity index (χ3v) is 2.72. The lowest BCUT2D eigenvalue weighted by Gasteiger charge is -2.30. The van der Waals surface area contributed by atoms with Crippen LogP contribution >= 0.6 is 0 Å². The highest BCUT2D eigenvalue weighted by atomic mass is 16.5. The van der Waals surface area contributed by atoms with E-state index in [1.54, 1.807) is 0 Å². The Kier molecular flexibility index (Phi) is 4.92. The first-order chi connectivity index (χ1) is 6.74. The molecule has 14 heavy (non-hydrogen) atoms. The standard InChI is InChI=1S/C11H20N2O/c1-10(2)13(7-6-12)9-11-5-3-4-8-14-11/h10-11H,3-5,7-9H2,1-2H3. The topological polar surface area (TPSA) is 36.3 Å². The molecule has 1 aliphatic heterocycles. The molecule has 0 saturated carbocycles. The van der Waals surface area contributed by atoms with E-state index in [9.17, 15) is 0 Å². The molecule has 1 fully saturated rings. The molecule has 3 nitrogen and oxygen atoms in total. The number of hydrogen-bond donors (Lipinski definition) is 0. The minimum absolute atomic E-state index is 0.347. The maximum atomic E-state index is 8.68. The number of nitrogens with zero attached hydrogens (tertiary/aromatic N) is 2. The van der Waals surface area contributed by atoms with E-state index in [1.807, 2.05) is 0 Å². The van der Waals surface area contributed by atoms with Crippen LogP contribution in [0, 0.1) is 11.3 Å². The Balaban J connectivity index is 2.34. The Morgan fingerprint density at radius 3 is 2.79 bits per heavy atom. The van der Waals surface area contributed by atoms with Gasteiger partial charge in [0.1, 0.15) is 0 Å². The summed E-state index contributed by atoms with van der Waals surface area (Å²) in [5.41, 5.74) is 0. The van der Waals surface area contributed by atoms with Crippen LogP contribution in [0.3, 0.4) is 0 Å². The summed E-state index contributed by atoms with van der Waals surface area (Å²) < 4.78 is 5.65. The molecule has 0 bridgehead atoms. The van der Waals surface area contributed by atoms with Gasteiger partial charge in [-0.1, -0.05) is 0 Å². The van der Waals surface area contributed by atoms with Crippen LogP contribution in [0.1, 0.15) is 33.1 Å². The molecular formula is C11H20N2O. The van der Waals surface area contributed by atoms with Crippen LogP contribution in [0.2, 0.25) is 0 Å². The van der Waals surface area contributed by atoms with Gasteiger partial charge in [-0.3, -0.25) is 4.90 Å². The summed E-state index contributed by atoms with van der Waals surface area (Å²) in [4.78, 5) is 2.18. The second kappa shape index (κ2) is 6.00. The Labute approximate surface area is 86.6 Å². The summed E-state index contributed by atoms with van der Waals surface area (Å²) in [6.45, 7) is 6.56. The van der Waals surface area contributed by atoms with Gasteiger partial charge in [0.15, 0.2) is 0 Å². The SMILES string of the molecule is CC(C)N(CC#N)CC1CCCCO1. The van der Waals surface area contributed by atoms with Crippen molar-refractivity contribution in [3.05, 3.63) is 0 Å². The van der Waals surface area contributed by atoms with E-state index in [-0.39, 0.29) is 0 Å². The van der Waals surface area contributed by atoms with Crippen molar-refractivity contribution in [1.29, 1.82) is 5.26 Å². The molecule has 0 aliphatic carbocycles. The van der Waals surface area contributed by atoms with Crippen LogP contribution in [0.4, 0.5) is 0 Å². The molecule has 1 rings (SSSR count). The Hall–Kier alpha value is -0.590. The number of nitriles is 1. The van der Waals surface area contributed by atoms with Gasteiger partial charge in [-0.15, -0.1) is 0 Å². The van der Waals surface area contributed by atoms with E-state index >= 15 is 0 Å². The lowest BCUT2D eigenvalue weighted by molar-refractivity contribution is -0.00845. The van der Waals surface area contributed by atoms with Gasteiger partial charge in [-0.25, -0.2) is 0 Å². The molecule has 1 heterocycles.